The van der Waals surface area contributed by atoms with E-state index >= 15 is 0 Å². The van der Waals surface area contributed by atoms with Crippen molar-refractivity contribution in [3.05, 3.63) is 20.8 Å². The summed E-state index contributed by atoms with van der Waals surface area (Å²) >= 11 is 10.7. The summed E-state index contributed by atoms with van der Waals surface area (Å²) < 4.78 is 1.93. The number of hydrogen-bond acceptors (Lipinski definition) is 3. The minimum atomic E-state index is 0.524. The second-order valence-electron chi connectivity index (χ2n) is 2.34. The van der Waals surface area contributed by atoms with E-state index in [-0.39, 0.29) is 0 Å². The van der Waals surface area contributed by atoms with Crippen LogP contribution >= 0.6 is 38.9 Å². The fourth-order valence-electron chi connectivity index (χ4n) is 1.02. The van der Waals surface area contributed by atoms with Gasteiger partial charge in [0.15, 0.2) is 3.92 Å². The molecule has 5 heteroatoms. The Balaban J connectivity index is 2.88. The minimum Gasteiger partial charge on any atom is -0.239 e. The van der Waals surface area contributed by atoms with Gasteiger partial charge in [0.2, 0.25) is 0 Å². The molecule has 2 nitrogen and oxygen atoms in total. The predicted octanol–water partition coefficient (Wildman–Crippen LogP) is 3.42. The number of pyridine rings is 1. The lowest BCUT2D eigenvalue weighted by molar-refractivity contribution is 1.21. The molecule has 0 saturated heterocycles. The van der Waals surface area contributed by atoms with Crippen molar-refractivity contribution in [3.8, 4) is 0 Å². The van der Waals surface area contributed by atoms with Gasteiger partial charge in [-0.3, -0.25) is 0 Å². The van der Waals surface area contributed by atoms with E-state index in [1.807, 2.05) is 13.0 Å². The normalized spacial score (nSPS) is 10.9. The molecule has 2 heterocycles. The van der Waals surface area contributed by atoms with Gasteiger partial charge >= 0.3 is 0 Å². The third kappa shape index (κ3) is 1.34. The average Bonchev–Trinajstić information content (AvgIpc) is 2.29. The Hall–Kier alpha value is -0.190. The van der Waals surface area contributed by atoms with Crippen LogP contribution in [0.15, 0.2) is 9.98 Å². The molecule has 2 rings (SSSR count). The maximum absolute atomic E-state index is 5.79. The highest BCUT2D eigenvalue weighted by Crippen LogP contribution is 2.28. The van der Waals surface area contributed by atoms with E-state index in [2.05, 4.69) is 25.9 Å². The van der Waals surface area contributed by atoms with E-state index in [1.165, 1.54) is 0 Å². The summed E-state index contributed by atoms with van der Waals surface area (Å²) in [6, 6.07) is 1.83. The summed E-state index contributed by atoms with van der Waals surface area (Å²) in [6.07, 6.45) is 0. The van der Waals surface area contributed by atoms with Gasteiger partial charge in [0.25, 0.3) is 0 Å². The Labute approximate surface area is 86.7 Å². The van der Waals surface area contributed by atoms with Crippen molar-refractivity contribution in [1.82, 2.24) is 9.97 Å². The van der Waals surface area contributed by atoms with Crippen LogP contribution in [0.4, 0.5) is 0 Å². The standard InChI is InChI=1S/C7H4BrClN2S/c1-3-6-4(2-5(9)10-3)12-7(8)11-6/h2H,1H3. The van der Waals surface area contributed by atoms with Crippen LogP contribution in [0, 0.1) is 6.92 Å². The van der Waals surface area contributed by atoms with E-state index in [9.17, 15) is 0 Å². The quantitative estimate of drug-likeness (QED) is 0.681. The lowest BCUT2D eigenvalue weighted by Crippen LogP contribution is -1.82. The van der Waals surface area contributed by atoms with Crippen LogP contribution in [0.1, 0.15) is 5.69 Å². The molecule has 0 aliphatic carbocycles. The smallest absolute Gasteiger partial charge is 0.160 e. The largest absolute Gasteiger partial charge is 0.239 e. The monoisotopic (exact) mass is 262 g/mol. The van der Waals surface area contributed by atoms with Crippen LogP contribution in [0.2, 0.25) is 5.15 Å². The number of nitrogens with zero attached hydrogens (tertiary/aromatic N) is 2. The Morgan fingerprint density at radius 1 is 1.50 bits per heavy atom. The first-order valence-corrected chi connectivity index (χ1v) is 5.25. The highest BCUT2D eigenvalue weighted by atomic mass is 79.9. The third-order valence-corrected chi connectivity index (χ3v) is 3.14. The van der Waals surface area contributed by atoms with E-state index in [0.29, 0.717) is 5.15 Å². The minimum absolute atomic E-state index is 0.524. The van der Waals surface area contributed by atoms with Gasteiger partial charge in [-0.25, -0.2) is 9.97 Å². The molecule has 0 radical (unpaired) electrons. The summed E-state index contributed by atoms with van der Waals surface area (Å²) in [6.45, 7) is 1.90. The number of halogens is 2. The number of thiazole rings is 1. The third-order valence-electron chi connectivity index (χ3n) is 1.49. The Kier molecular flexibility index (Phi) is 2.06. The first-order valence-electron chi connectivity index (χ1n) is 3.26. The van der Waals surface area contributed by atoms with Crippen LogP contribution in [0.3, 0.4) is 0 Å². The van der Waals surface area contributed by atoms with Gasteiger partial charge in [0.1, 0.15) is 10.7 Å². The van der Waals surface area contributed by atoms with Crippen molar-refractivity contribution in [2.45, 2.75) is 6.92 Å². The molecule has 2 aromatic heterocycles. The molecule has 62 valence electrons. The van der Waals surface area contributed by atoms with Crippen molar-refractivity contribution < 1.29 is 0 Å². The van der Waals surface area contributed by atoms with Gasteiger partial charge in [0, 0.05) is 0 Å². The van der Waals surface area contributed by atoms with Crippen molar-refractivity contribution in [2.24, 2.45) is 0 Å². The molecule has 0 N–H and O–H groups in total. The average molecular weight is 264 g/mol. The fraction of sp³-hybridized carbons (Fsp3) is 0.143. The second kappa shape index (κ2) is 2.94. The maximum atomic E-state index is 5.79. The number of rotatable bonds is 0. The molecule has 0 amide bonds. The molecular formula is C7H4BrClN2S. The first-order chi connectivity index (χ1) is 5.66. The zero-order valence-corrected chi connectivity index (χ0v) is 9.29. The number of aryl methyl sites for hydroxylation is 1. The predicted molar refractivity (Wildman–Crippen MR) is 54.9 cm³/mol. The van der Waals surface area contributed by atoms with Crippen LogP contribution < -0.4 is 0 Å². The summed E-state index contributed by atoms with van der Waals surface area (Å²) in [5, 5.41) is 0.524. The molecule has 0 spiro atoms. The fourth-order valence-corrected chi connectivity index (χ4v) is 2.80. The molecule has 0 bridgehead atoms. The molecule has 0 aliphatic rings. The number of hydrogen-bond donors (Lipinski definition) is 0. The molecule has 0 unspecified atom stereocenters. The second-order valence-corrected chi connectivity index (χ2v) is 5.04. The molecule has 2 aromatic rings. The molecule has 0 fully saturated rings. The van der Waals surface area contributed by atoms with Gasteiger partial charge < -0.3 is 0 Å². The summed E-state index contributed by atoms with van der Waals surface area (Å²) in [4.78, 5) is 8.37. The van der Waals surface area contributed by atoms with Gasteiger partial charge in [-0.15, -0.1) is 11.3 Å². The molecule has 0 saturated carbocycles. The van der Waals surface area contributed by atoms with Crippen LogP contribution in [0.25, 0.3) is 10.2 Å². The van der Waals surface area contributed by atoms with E-state index in [1.54, 1.807) is 11.3 Å². The zero-order chi connectivity index (χ0) is 8.72. The Morgan fingerprint density at radius 2 is 2.25 bits per heavy atom. The van der Waals surface area contributed by atoms with Crippen LogP contribution in [-0.2, 0) is 0 Å². The lowest BCUT2D eigenvalue weighted by Gasteiger charge is -1.93. The summed E-state index contributed by atoms with van der Waals surface area (Å²) in [5.41, 5.74) is 1.80. The van der Waals surface area contributed by atoms with Crippen LogP contribution in [-0.4, -0.2) is 9.97 Å². The van der Waals surface area contributed by atoms with Crippen molar-refractivity contribution in [2.75, 3.05) is 0 Å². The van der Waals surface area contributed by atoms with Crippen LogP contribution in [0.5, 0.6) is 0 Å². The first kappa shape index (κ1) is 8.41. The molecule has 0 atom stereocenters. The topological polar surface area (TPSA) is 25.8 Å². The lowest BCUT2D eigenvalue weighted by atomic mass is 10.3. The summed E-state index contributed by atoms with van der Waals surface area (Å²) in [7, 11) is 0. The maximum Gasteiger partial charge on any atom is 0.160 e. The highest BCUT2D eigenvalue weighted by molar-refractivity contribution is 9.11. The van der Waals surface area contributed by atoms with Crippen molar-refractivity contribution in [3.63, 3.8) is 0 Å². The number of aromatic nitrogens is 2. The Morgan fingerprint density at radius 3 is 3.00 bits per heavy atom. The van der Waals surface area contributed by atoms with Gasteiger partial charge in [0.05, 0.1) is 10.4 Å². The zero-order valence-electron chi connectivity index (χ0n) is 6.14. The molecule has 0 aromatic carbocycles. The van der Waals surface area contributed by atoms with Gasteiger partial charge in [-0.05, 0) is 28.9 Å². The van der Waals surface area contributed by atoms with Gasteiger partial charge in [-0.1, -0.05) is 11.6 Å². The molecule has 0 aliphatic heterocycles. The highest BCUT2D eigenvalue weighted by Gasteiger charge is 2.06. The van der Waals surface area contributed by atoms with Crippen molar-refractivity contribution >= 4 is 49.1 Å². The van der Waals surface area contributed by atoms with E-state index in [0.717, 1.165) is 19.8 Å². The van der Waals surface area contributed by atoms with Crippen molar-refractivity contribution in [1.29, 1.82) is 0 Å². The van der Waals surface area contributed by atoms with E-state index in [4.69, 9.17) is 11.6 Å². The summed E-state index contributed by atoms with van der Waals surface area (Å²) in [5.74, 6) is 0. The van der Waals surface area contributed by atoms with Gasteiger partial charge in [-0.2, -0.15) is 0 Å². The SMILES string of the molecule is Cc1nc(Cl)cc2sc(Br)nc12. The molecule has 12 heavy (non-hydrogen) atoms. The number of fused-ring (bicyclic) bond motifs is 1. The molecular weight excluding hydrogens is 260 g/mol. The van der Waals surface area contributed by atoms with E-state index < -0.39 is 0 Å². The Bertz CT molecular complexity index is 440.